The van der Waals surface area contributed by atoms with Crippen LogP contribution in [0.2, 0.25) is 0 Å². The SMILES string of the molecule is CN(Cc1ccccc1F)C(=O)CN(C)C1CCCNC1. The van der Waals surface area contributed by atoms with Crippen LogP contribution < -0.4 is 5.32 Å². The van der Waals surface area contributed by atoms with Gasteiger partial charge in [0.25, 0.3) is 0 Å². The summed E-state index contributed by atoms with van der Waals surface area (Å²) in [7, 11) is 3.70. The van der Waals surface area contributed by atoms with E-state index in [0.29, 0.717) is 24.7 Å². The fourth-order valence-electron chi connectivity index (χ4n) is 2.64. The number of likely N-dealkylation sites (N-methyl/N-ethyl adjacent to an activating group) is 2. The van der Waals surface area contributed by atoms with Crippen LogP contribution in [0.4, 0.5) is 4.39 Å². The molecule has 0 radical (unpaired) electrons. The van der Waals surface area contributed by atoms with Gasteiger partial charge in [-0.15, -0.1) is 0 Å². The van der Waals surface area contributed by atoms with Crippen molar-refractivity contribution < 1.29 is 9.18 Å². The fraction of sp³-hybridized carbons (Fsp3) is 0.562. The first-order valence-corrected chi connectivity index (χ1v) is 7.46. The van der Waals surface area contributed by atoms with Crippen LogP contribution in [0.3, 0.4) is 0 Å². The van der Waals surface area contributed by atoms with E-state index < -0.39 is 0 Å². The molecule has 116 valence electrons. The molecule has 1 heterocycles. The van der Waals surface area contributed by atoms with Gasteiger partial charge in [-0.05, 0) is 32.5 Å². The van der Waals surface area contributed by atoms with Gasteiger partial charge in [-0.25, -0.2) is 4.39 Å². The Bertz CT molecular complexity index is 474. The standard InChI is InChI=1S/C16H24FN3O/c1-19(14-7-5-9-18-10-14)12-16(21)20(2)11-13-6-3-4-8-15(13)17/h3-4,6,8,14,18H,5,7,9-12H2,1-2H3. The quantitative estimate of drug-likeness (QED) is 0.893. The van der Waals surface area contributed by atoms with Crippen molar-refractivity contribution >= 4 is 5.91 Å². The second-order valence-corrected chi connectivity index (χ2v) is 5.76. The van der Waals surface area contributed by atoms with Gasteiger partial charge in [0.1, 0.15) is 5.82 Å². The molecule has 1 aliphatic heterocycles. The van der Waals surface area contributed by atoms with E-state index in [1.54, 1.807) is 30.1 Å². The zero-order valence-corrected chi connectivity index (χ0v) is 12.8. The molecule has 1 aromatic rings. The molecule has 1 aliphatic rings. The molecule has 0 aromatic heterocycles. The monoisotopic (exact) mass is 293 g/mol. The number of carbonyl (C=O) groups excluding carboxylic acids is 1. The lowest BCUT2D eigenvalue weighted by Crippen LogP contribution is -2.47. The minimum atomic E-state index is -0.262. The normalized spacial score (nSPS) is 18.8. The first-order valence-electron chi connectivity index (χ1n) is 7.46. The first-order chi connectivity index (χ1) is 10.1. The Balaban J connectivity index is 1.86. The number of piperidine rings is 1. The lowest BCUT2D eigenvalue weighted by molar-refractivity contribution is -0.131. The largest absolute Gasteiger partial charge is 0.340 e. The first kappa shape index (κ1) is 15.9. The maximum atomic E-state index is 13.6. The molecule has 0 spiro atoms. The Labute approximate surface area is 125 Å². The van der Waals surface area contributed by atoms with Crippen molar-refractivity contribution in [3.63, 3.8) is 0 Å². The Kier molecular flexibility index (Phi) is 5.70. The maximum absolute atomic E-state index is 13.6. The van der Waals surface area contributed by atoms with Gasteiger partial charge in [-0.2, -0.15) is 0 Å². The summed E-state index contributed by atoms with van der Waals surface area (Å²) >= 11 is 0. The molecule has 1 amide bonds. The molecule has 1 aromatic carbocycles. The third-order valence-corrected chi connectivity index (χ3v) is 4.07. The van der Waals surface area contributed by atoms with Gasteiger partial charge in [0.15, 0.2) is 0 Å². The van der Waals surface area contributed by atoms with Crippen LogP contribution in [0.25, 0.3) is 0 Å². The van der Waals surface area contributed by atoms with Gasteiger partial charge < -0.3 is 10.2 Å². The van der Waals surface area contributed by atoms with E-state index in [0.717, 1.165) is 25.9 Å². The number of benzene rings is 1. The number of hydrogen-bond acceptors (Lipinski definition) is 3. The zero-order chi connectivity index (χ0) is 15.2. The summed E-state index contributed by atoms with van der Waals surface area (Å²) in [5.74, 6) is -0.242. The van der Waals surface area contributed by atoms with Crippen LogP contribution >= 0.6 is 0 Å². The molecule has 4 nitrogen and oxygen atoms in total. The Morgan fingerprint density at radius 3 is 2.81 bits per heavy atom. The minimum Gasteiger partial charge on any atom is -0.340 e. The van der Waals surface area contributed by atoms with Crippen molar-refractivity contribution in [2.75, 3.05) is 33.7 Å². The zero-order valence-electron chi connectivity index (χ0n) is 12.8. The predicted octanol–water partition coefficient (Wildman–Crippen LogP) is 1.47. The molecule has 1 atom stereocenters. The van der Waals surface area contributed by atoms with Crippen molar-refractivity contribution in [3.8, 4) is 0 Å². The molecule has 0 saturated carbocycles. The maximum Gasteiger partial charge on any atom is 0.236 e. The third-order valence-electron chi connectivity index (χ3n) is 4.07. The highest BCUT2D eigenvalue weighted by Crippen LogP contribution is 2.11. The topological polar surface area (TPSA) is 35.6 Å². The molecule has 21 heavy (non-hydrogen) atoms. The van der Waals surface area contributed by atoms with Gasteiger partial charge in [0.2, 0.25) is 5.91 Å². The van der Waals surface area contributed by atoms with Gasteiger partial charge in [-0.1, -0.05) is 18.2 Å². The molecule has 1 N–H and O–H groups in total. The molecular formula is C16H24FN3O. The van der Waals surface area contributed by atoms with Crippen LogP contribution in [0.5, 0.6) is 0 Å². The van der Waals surface area contributed by atoms with Crippen LogP contribution in [0.15, 0.2) is 24.3 Å². The molecule has 2 rings (SSSR count). The summed E-state index contributed by atoms with van der Waals surface area (Å²) in [5, 5.41) is 3.35. The summed E-state index contributed by atoms with van der Waals surface area (Å²) in [6, 6.07) is 6.99. The van der Waals surface area contributed by atoms with Crippen LogP contribution in [-0.4, -0.2) is 55.5 Å². The van der Waals surface area contributed by atoms with Gasteiger partial charge in [0.05, 0.1) is 6.54 Å². The van der Waals surface area contributed by atoms with E-state index in [1.165, 1.54) is 6.07 Å². The van der Waals surface area contributed by atoms with Gasteiger partial charge >= 0.3 is 0 Å². The minimum absolute atomic E-state index is 0.0197. The number of amides is 1. The second kappa shape index (κ2) is 7.52. The second-order valence-electron chi connectivity index (χ2n) is 5.76. The van der Waals surface area contributed by atoms with Gasteiger partial charge in [-0.3, -0.25) is 9.69 Å². The Morgan fingerprint density at radius 1 is 1.38 bits per heavy atom. The fourth-order valence-corrected chi connectivity index (χ4v) is 2.64. The molecule has 1 fully saturated rings. The summed E-state index contributed by atoms with van der Waals surface area (Å²) in [5.41, 5.74) is 0.551. The Morgan fingerprint density at radius 2 is 2.14 bits per heavy atom. The van der Waals surface area contributed by atoms with Crippen LogP contribution in [0.1, 0.15) is 18.4 Å². The average molecular weight is 293 g/mol. The van der Waals surface area contributed by atoms with Crippen LogP contribution in [-0.2, 0) is 11.3 Å². The van der Waals surface area contributed by atoms with E-state index in [-0.39, 0.29) is 11.7 Å². The van der Waals surface area contributed by atoms with E-state index >= 15 is 0 Å². The summed E-state index contributed by atoms with van der Waals surface area (Å²) in [6.07, 6.45) is 2.27. The van der Waals surface area contributed by atoms with E-state index in [9.17, 15) is 9.18 Å². The molecule has 1 saturated heterocycles. The lowest BCUT2D eigenvalue weighted by atomic mass is 10.1. The molecule has 0 bridgehead atoms. The summed E-state index contributed by atoms with van der Waals surface area (Å²) < 4.78 is 13.6. The van der Waals surface area contributed by atoms with Crippen molar-refractivity contribution in [2.45, 2.75) is 25.4 Å². The number of carbonyl (C=O) groups is 1. The number of hydrogen-bond donors (Lipinski definition) is 1. The van der Waals surface area contributed by atoms with E-state index in [2.05, 4.69) is 10.2 Å². The summed E-state index contributed by atoms with van der Waals surface area (Å²) in [6.45, 7) is 2.67. The average Bonchev–Trinajstić information content (AvgIpc) is 2.50. The highest BCUT2D eigenvalue weighted by atomic mass is 19.1. The summed E-state index contributed by atoms with van der Waals surface area (Å²) in [4.78, 5) is 15.9. The number of halogens is 1. The Hall–Kier alpha value is -1.46. The highest BCUT2D eigenvalue weighted by molar-refractivity contribution is 5.78. The highest BCUT2D eigenvalue weighted by Gasteiger charge is 2.21. The molecule has 1 unspecified atom stereocenters. The molecular weight excluding hydrogens is 269 g/mol. The van der Waals surface area contributed by atoms with Gasteiger partial charge in [0, 0.05) is 31.7 Å². The van der Waals surface area contributed by atoms with Crippen molar-refractivity contribution in [1.82, 2.24) is 15.1 Å². The van der Waals surface area contributed by atoms with Crippen LogP contribution in [0, 0.1) is 5.82 Å². The lowest BCUT2D eigenvalue weighted by Gasteiger charge is -2.32. The molecule has 5 heteroatoms. The number of nitrogens with zero attached hydrogens (tertiary/aromatic N) is 2. The van der Waals surface area contributed by atoms with E-state index in [4.69, 9.17) is 0 Å². The number of nitrogens with one attached hydrogen (secondary N) is 1. The van der Waals surface area contributed by atoms with E-state index in [1.807, 2.05) is 7.05 Å². The number of rotatable bonds is 5. The predicted molar refractivity (Wildman–Crippen MR) is 81.4 cm³/mol. The smallest absolute Gasteiger partial charge is 0.236 e. The molecule has 0 aliphatic carbocycles. The van der Waals surface area contributed by atoms with Crippen molar-refractivity contribution in [2.24, 2.45) is 0 Å². The van der Waals surface area contributed by atoms with Crippen molar-refractivity contribution in [3.05, 3.63) is 35.6 Å². The third kappa shape index (κ3) is 4.51. The van der Waals surface area contributed by atoms with Crippen molar-refractivity contribution in [1.29, 1.82) is 0 Å².